The van der Waals surface area contributed by atoms with E-state index in [1.165, 1.54) is 0 Å². The minimum Gasteiger partial charge on any atom is -0.480 e. The molecule has 0 fully saturated rings. The molecular formula is C16H18N2O3. The summed E-state index contributed by atoms with van der Waals surface area (Å²) in [6.45, 7) is 3.69. The van der Waals surface area contributed by atoms with Crippen LogP contribution in [-0.2, 0) is 4.79 Å². The lowest BCUT2D eigenvalue weighted by molar-refractivity contribution is -0.140. The second-order valence-corrected chi connectivity index (χ2v) is 5.06. The molecule has 1 unspecified atom stereocenters. The van der Waals surface area contributed by atoms with E-state index in [0.717, 1.165) is 5.39 Å². The van der Waals surface area contributed by atoms with Gasteiger partial charge in [0, 0.05) is 5.39 Å². The number of pyridine rings is 1. The number of rotatable bonds is 5. The van der Waals surface area contributed by atoms with Gasteiger partial charge in [-0.2, -0.15) is 0 Å². The first-order chi connectivity index (χ1) is 10.0. The summed E-state index contributed by atoms with van der Waals surface area (Å²) in [5.74, 6) is -1.64. The first-order valence-corrected chi connectivity index (χ1v) is 6.92. The van der Waals surface area contributed by atoms with Crippen LogP contribution in [0.25, 0.3) is 10.9 Å². The van der Waals surface area contributed by atoms with Crippen molar-refractivity contribution in [1.82, 2.24) is 10.3 Å². The fraction of sp³-hybridized carbons (Fsp3) is 0.312. The Morgan fingerprint density at radius 1 is 1.24 bits per heavy atom. The number of carbonyl (C=O) groups is 2. The highest BCUT2D eigenvalue weighted by molar-refractivity contribution is 5.97. The summed E-state index contributed by atoms with van der Waals surface area (Å²) < 4.78 is 0. The van der Waals surface area contributed by atoms with Crippen LogP contribution in [0.2, 0.25) is 0 Å². The van der Waals surface area contributed by atoms with Crippen LogP contribution in [0.3, 0.4) is 0 Å². The lowest BCUT2D eigenvalue weighted by Gasteiger charge is -2.19. The number of carbonyl (C=O) groups excluding carboxylic acids is 1. The van der Waals surface area contributed by atoms with Gasteiger partial charge in [0.15, 0.2) is 0 Å². The van der Waals surface area contributed by atoms with Crippen LogP contribution in [0.15, 0.2) is 36.4 Å². The summed E-state index contributed by atoms with van der Waals surface area (Å²) in [6.07, 6.45) is 0.669. The maximum absolute atomic E-state index is 12.2. The maximum Gasteiger partial charge on any atom is 0.326 e. The molecular weight excluding hydrogens is 268 g/mol. The average Bonchev–Trinajstić information content (AvgIpc) is 2.50. The molecule has 2 rings (SSSR count). The number of carboxylic acids is 1. The summed E-state index contributed by atoms with van der Waals surface area (Å²) >= 11 is 0. The van der Waals surface area contributed by atoms with E-state index in [0.29, 0.717) is 11.9 Å². The van der Waals surface area contributed by atoms with E-state index in [2.05, 4.69) is 10.3 Å². The van der Waals surface area contributed by atoms with Crippen LogP contribution >= 0.6 is 0 Å². The van der Waals surface area contributed by atoms with E-state index in [9.17, 15) is 14.7 Å². The molecule has 1 heterocycles. The summed E-state index contributed by atoms with van der Waals surface area (Å²) in [7, 11) is 0. The van der Waals surface area contributed by atoms with Gasteiger partial charge in [-0.15, -0.1) is 0 Å². The van der Waals surface area contributed by atoms with Crippen LogP contribution in [0.5, 0.6) is 0 Å². The van der Waals surface area contributed by atoms with Gasteiger partial charge in [-0.25, -0.2) is 9.78 Å². The molecule has 1 aromatic heterocycles. The number of benzene rings is 1. The number of hydrogen-bond donors (Lipinski definition) is 2. The predicted octanol–water partition coefficient (Wildman–Crippen LogP) is 2.46. The molecule has 2 atom stereocenters. The Kier molecular flexibility index (Phi) is 4.52. The molecule has 0 spiro atoms. The second-order valence-electron chi connectivity index (χ2n) is 5.06. The van der Waals surface area contributed by atoms with E-state index in [-0.39, 0.29) is 11.6 Å². The lowest BCUT2D eigenvalue weighted by atomic mass is 9.99. The molecule has 5 heteroatoms. The summed E-state index contributed by atoms with van der Waals surface area (Å²) in [4.78, 5) is 27.7. The second kappa shape index (κ2) is 6.35. The fourth-order valence-corrected chi connectivity index (χ4v) is 2.09. The van der Waals surface area contributed by atoms with Gasteiger partial charge >= 0.3 is 5.97 Å². The fourth-order valence-electron chi connectivity index (χ4n) is 2.09. The number of nitrogens with one attached hydrogen (secondary N) is 1. The van der Waals surface area contributed by atoms with Gasteiger partial charge in [0.1, 0.15) is 11.7 Å². The maximum atomic E-state index is 12.2. The third-order valence-electron chi connectivity index (χ3n) is 3.60. The highest BCUT2D eigenvalue weighted by Gasteiger charge is 2.26. The molecule has 110 valence electrons. The standard InChI is InChI=1S/C16H18N2O3/c1-3-10(2)14(16(20)21)18-15(19)13-9-8-11-6-4-5-7-12(11)17-13/h4-10,14H,3H2,1-2H3,(H,18,19)(H,20,21)/t10?,14-/m0/s1. The highest BCUT2D eigenvalue weighted by Crippen LogP contribution is 2.13. The Balaban J connectivity index is 2.23. The number of carboxylic acid groups (broad SMARTS) is 1. The third kappa shape index (κ3) is 3.37. The van der Waals surface area contributed by atoms with Crippen molar-refractivity contribution in [3.05, 3.63) is 42.1 Å². The number of para-hydroxylation sites is 1. The number of fused-ring (bicyclic) bond motifs is 1. The molecule has 2 aromatic rings. The summed E-state index contributed by atoms with van der Waals surface area (Å²) in [5.41, 5.74) is 0.934. The van der Waals surface area contributed by atoms with Gasteiger partial charge in [-0.3, -0.25) is 4.79 Å². The van der Waals surface area contributed by atoms with Gasteiger partial charge < -0.3 is 10.4 Å². The quantitative estimate of drug-likeness (QED) is 0.885. The molecule has 5 nitrogen and oxygen atoms in total. The molecule has 0 aliphatic carbocycles. The molecule has 0 aliphatic rings. The SMILES string of the molecule is CCC(C)[C@H](NC(=O)c1ccc2ccccc2n1)C(=O)O. The van der Waals surface area contributed by atoms with Crippen LogP contribution in [0, 0.1) is 5.92 Å². The third-order valence-corrected chi connectivity index (χ3v) is 3.60. The molecule has 0 saturated heterocycles. The lowest BCUT2D eigenvalue weighted by Crippen LogP contribution is -2.45. The Morgan fingerprint density at radius 2 is 1.95 bits per heavy atom. The van der Waals surface area contributed by atoms with Gasteiger partial charge in [0.2, 0.25) is 0 Å². The normalized spacial score (nSPS) is 13.6. The summed E-state index contributed by atoms with van der Waals surface area (Å²) in [6, 6.07) is 9.96. The average molecular weight is 286 g/mol. The zero-order chi connectivity index (χ0) is 15.4. The summed E-state index contributed by atoms with van der Waals surface area (Å²) in [5, 5.41) is 12.7. The highest BCUT2D eigenvalue weighted by atomic mass is 16.4. The van der Waals surface area contributed by atoms with Crippen molar-refractivity contribution in [3.8, 4) is 0 Å². The number of aliphatic carboxylic acids is 1. The van der Waals surface area contributed by atoms with Crippen molar-refractivity contribution in [2.45, 2.75) is 26.3 Å². The molecule has 0 aliphatic heterocycles. The Labute approximate surface area is 123 Å². The molecule has 0 bridgehead atoms. The smallest absolute Gasteiger partial charge is 0.326 e. The Bertz CT molecular complexity index is 669. The first-order valence-electron chi connectivity index (χ1n) is 6.92. The van der Waals surface area contributed by atoms with E-state index < -0.39 is 17.9 Å². The van der Waals surface area contributed by atoms with Crippen molar-refractivity contribution in [2.24, 2.45) is 5.92 Å². The van der Waals surface area contributed by atoms with Gasteiger partial charge in [0.25, 0.3) is 5.91 Å². The van der Waals surface area contributed by atoms with E-state index in [4.69, 9.17) is 0 Å². The predicted molar refractivity (Wildman–Crippen MR) is 80.1 cm³/mol. The minimum atomic E-state index is -1.03. The van der Waals surface area contributed by atoms with Crippen molar-refractivity contribution < 1.29 is 14.7 Å². The van der Waals surface area contributed by atoms with Gasteiger partial charge in [-0.05, 0) is 18.1 Å². The minimum absolute atomic E-state index is 0.146. The number of nitrogens with zero attached hydrogens (tertiary/aromatic N) is 1. The monoisotopic (exact) mass is 286 g/mol. The van der Waals surface area contributed by atoms with Gasteiger partial charge in [0.05, 0.1) is 5.52 Å². The molecule has 1 aromatic carbocycles. The zero-order valence-corrected chi connectivity index (χ0v) is 12.0. The number of hydrogen-bond acceptors (Lipinski definition) is 3. The van der Waals surface area contributed by atoms with Crippen molar-refractivity contribution in [3.63, 3.8) is 0 Å². The first kappa shape index (κ1) is 15.0. The molecule has 1 amide bonds. The van der Waals surface area contributed by atoms with E-state index in [1.807, 2.05) is 31.2 Å². The van der Waals surface area contributed by atoms with Crippen LogP contribution < -0.4 is 5.32 Å². The molecule has 0 saturated carbocycles. The molecule has 2 N–H and O–H groups in total. The Morgan fingerprint density at radius 3 is 2.62 bits per heavy atom. The van der Waals surface area contributed by atoms with Crippen LogP contribution in [0.1, 0.15) is 30.8 Å². The molecule has 21 heavy (non-hydrogen) atoms. The topological polar surface area (TPSA) is 79.3 Å². The van der Waals surface area contributed by atoms with E-state index >= 15 is 0 Å². The molecule has 0 radical (unpaired) electrons. The zero-order valence-electron chi connectivity index (χ0n) is 12.0. The number of amides is 1. The number of aromatic nitrogens is 1. The van der Waals surface area contributed by atoms with Crippen LogP contribution in [-0.4, -0.2) is 28.0 Å². The van der Waals surface area contributed by atoms with Crippen molar-refractivity contribution in [2.75, 3.05) is 0 Å². The van der Waals surface area contributed by atoms with Crippen molar-refractivity contribution in [1.29, 1.82) is 0 Å². The van der Waals surface area contributed by atoms with E-state index in [1.54, 1.807) is 19.1 Å². The van der Waals surface area contributed by atoms with Crippen molar-refractivity contribution >= 4 is 22.8 Å². The Hall–Kier alpha value is -2.43. The van der Waals surface area contributed by atoms with Crippen LogP contribution in [0.4, 0.5) is 0 Å². The van der Waals surface area contributed by atoms with Gasteiger partial charge in [-0.1, -0.05) is 44.5 Å². The largest absolute Gasteiger partial charge is 0.480 e.